The molecule has 0 aliphatic heterocycles. The number of methoxy groups -OCH3 is 1. The third-order valence-electron chi connectivity index (χ3n) is 4.95. The summed E-state index contributed by atoms with van der Waals surface area (Å²) >= 11 is 2.89. The Morgan fingerprint density at radius 1 is 1.21 bits per heavy atom. The molecule has 3 rings (SSSR count). The van der Waals surface area contributed by atoms with Crippen molar-refractivity contribution in [2.24, 2.45) is 0 Å². The Labute approximate surface area is 179 Å². The van der Waals surface area contributed by atoms with E-state index in [0.717, 1.165) is 61.6 Å². The fourth-order valence-electron chi connectivity index (χ4n) is 3.58. The monoisotopic (exact) mass is 436 g/mol. The summed E-state index contributed by atoms with van der Waals surface area (Å²) in [6.07, 6.45) is 6.94. The van der Waals surface area contributed by atoms with Crippen molar-refractivity contribution in [3.8, 4) is 0 Å². The van der Waals surface area contributed by atoms with Gasteiger partial charge >= 0.3 is 5.97 Å². The lowest BCUT2D eigenvalue weighted by molar-refractivity contribution is -0.113. The quantitative estimate of drug-likeness (QED) is 0.381. The number of aromatic nitrogens is 3. The van der Waals surface area contributed by atoms with Crippen LogP contribution in [-0.2, 0) is 35.3 Å². The maximum atomic E-state index is 12.6. The Morgan fingerprint density at radius 2 is 2.00 bits per heavy atom. The summed E-state index contributed by atoms with van der Waals surface area (Å²) in [5, 5.41) is 12.8. The van der Waals surface area contributed by atoms with Gasteiger partial charge in [-0.05, 0) is 37.7 Å². The van der Waals surface area contributed by atoms with E-state index in [1.165, 1.54) is 41.5 Å². The van der Waals surface area contributed by atoms with Crippen LogP contribution in [0.2, 0.25) is 0 Å². The molecule has 0 spiro atoms. The molecule has 7 nitrogen and oxygen atoms in total. The lowest BCUT2D eigenvalue weighted by atomic mass is 10.1. The first-order valence-corrected chi connectivity index (χ1v) is 12.0. The molecular formula is C20H28N4O3S2. The summed E-state index contributed by atoms with van der Waals surface area (Å²) in [5.41, 5.74) is 1.59. The zero-order valence-corrected chi connectivity index (χ0v) is 18.9. The molecule has 1 aliphatic rings. The predicted molar refractivity (Wildman–Crippen MR) is 116 cm³/mol. The molecule has 2 aromatic heterocycles. The van der Waals surface area contributed by atoms with Gasteiger partial charge in [-0.25, -0.2) is 4.79 Å². The summed E-state index contributed by atoms with van der Waals surface area (Å²) in [6, 6.07) is 0. The summed E-state index contributed by atoms with van der Waals surface area (Å²) in [4.78, 5) is 26.2. The maximum absolute atomic E-state index is 12.6. The van der Waals surface area contributed by atoms with E-state index in [-0.39, 0.29) is 17.6 Å². The van der Waals surface area contributed by atoms with Crippen molar-refractivity contribution in [2.45, 2.75) is 70.5 Å². The number of ether oxygens (including phenoxy) is 1. The average Bonchev–Trinajstić information content (AvgIpc) is 3.18. The molecule has 0 aromatic carbocycles. The summed E-state index contributed by atoms with van der Waals surface area (Å²) < 4.78 is 7.07. The van der Waals surface area contributed by atoms with Crippen molar-refractivity contribution in [2.75, 3.05) is 18.2 Å². The number of aryl methyl sites for hydroxylation is 2. The van der Waals surface area contributed by atoms with Gasteiger partial charge in [-0.1, -0.05) is 32.0 Å². The fourth-order valence-corrected chi connectivity index (χ4v) is 5.65. The van der Waals surface area contributed by atoms with E-state index in [4.69, 9.17) is 4.74 Å². The number of amides is 1. The largest absolute Gasteiger partial charge is 0.465 e. The first kappa shape index (κ1) is 21.8. The van der Waals surface area contributed by atoms with Crippen molar-refractivity contribution in [1.29, 1.82) is 0 Å². The zero-order chi connectivity index (χ0) is 20.8. The number of carbonyl (C=O) groups is 2. The summed E-state index contributed by atoms with van der Waals surface area (Å²) in [7, 11) is 1.39. The minimum Gasteiger partial charge on any atom is -0.465 e. The van der Waals surface area contributed by atoms with Gasteiger partial charge in [0.2, 0.25) is 5.91 Å². The van der Waals surface area contributed by atoms with Crippen LogP contribution in [-0.4, -0.2) is 39.5 Å². The number of thioether (sulfide) groups is 1. The normalized spacial score (nSPS) is 13.6. The molecule has 0 saturated heterocycles. The van der Waals surface area contributed by atoms with E-state index in [1.807, 2.05) is 6.92 Å². The predicted octanol–water partition coefficient (Wildman–Crippen LogP) is 4.10. The third-order valence-corrected chi connectivity index (χ3v) is 7.13. The van der Waals surface area contributed by atoms with Crippen molar-refractivity contribution >= 4 is 40.0 Å². The number of hydrogen-bond acceptors (Lipinski definition) is 7. The van der Waals surface area contributed by atoms with Gasteiger partial charge in [-0.3, -0.25) is 4.79 Å². The van der Waals surface area contributed by atoms with Crippen LogP contribution in [0.15, 0.2) is 5.16 Å². The Morgan fingerprint density at radius 3 is 2.72 bits per heavy atom. The number of anilines is 1. The Kier molecular flexibility index (Phi) is 7.71. The standard InChI is InChI=1S/C20H28N4O3S2/c1-4-11-24-15(5-2)22-23-20(24)28-12-16(25)21-18-17(19(26)27-3)13-9-7-6-8-10-14(13)29-18/h4-12H2,1-3H3,(H,21,25). The van der Waals surface area contributed by atoms with Crippen molar-refractivity contribution in [3.05, 3.63) is 21.8 Å². The SMILES string of the molecule is CCCn1c(CC)nnc1SCC(=O)Nc1sc2c(c1C(=O)OC)CCCCC2. The third kappa shape index (κ3) is 5.01. The second-order valence-electron chi connectivity index (χ2n) is 7.00. The molecule has 2 heterocycles. The van der Waals surface area contributed by atoms with Gasteiger partial charge in [0.1, 0.15) is 10.8 Å². The molecule has 158 valence electrons. The number of rotatable bonds is 8. The van der Waals surface area contributed by atoms with Crippen LogP contribution in [0, 0.1) is 0 Å². The molecule has 0 fully saturated rings. The Hall–Kier alpha value is -1.87. The van der Waals surface area contributed by atoms with E-state index in [2.05, 4.69) is 27.0 Å². The highest BCUT2D eigenvalue weighted by molar-refractivity contribution is 7.99. The van der Waals surface area contributed by atoms with Crippen LogP contribution < -0.4 is 5.32 Å². The van der Waals surface area contributed by atoms with E-state index < -0.39 is 0 Å². The molecule has 0 atom stereocenters. The van der Waals surface area contributed by atoms with E-state index in [0.29, 0.717) is 10.6 Å². The van der Waals surface area contributed by atoms with Gasteiger partial charge in [0.05, 0.1) is 18.4 Å². The smallest absolute Gasteiger partial charge is 0.341 e. The summed E-state index contributed by atoms with van der Waals surface area (Å²) in [6.45, 7) is 4.99. The van der Waals surface area contributed by atoms with Crippen LogP contribution in [0.4, 0.5) is 5.00 Å². The highest BCUT2D eigenvalue weighted by atomic mass is 32.2. The van der Waals surface area contributed by atoms with Crippen molar-refractivity contribution in [3.63, 3.8) is 0 Å². The van der Waals surface area contributed by atoms with Crippen LogP contribution in [0.5, 0.6) is 0 Å². The maximum Gasteiger partial charge on any atom is 0.341 e. The molecule has 0 bridgehead atoms. The van der Waals surface area contributed by atoms with E-state index in [1.54, 1.807) is 0 Å². The molecule has 9 heteroatoms. The number of thiophene rings is 1. The molecule has 29 heavy (non-hydrogen) atoms. The second-order valence-corrected chi connectivity index (χ2v) is 9.05. The lowest BCUT2D eigenvalue weighted by Gasteiger charge is -2.09. The number of hydrogen-bond donors (Lipinski definition) is 1. The van der Waals surface area contributed by atoms with Crippen LogP contribution in [0.1, 0.15) is 66.2 Å². The molecule has 1 amide bonds. The van der Waals surface area contributed by atoms with Gasteiger partial charge in [-0.2, -0.15) is 0 Å². The molecular weight excluding hydrogens is 408 g/mol. The number of nitrogens with zero attached hydrogens (tertiary/aromatic N) is 3. The number of carbonyl (C=O) groups excluding carboxylic acids is 2. The number of nitrogens with one attached hydrogen (secondary N) is 1. The van der Waals surface area contributed by atoms with Gasteiger partial charge in [0, 0.05) is 17.8 Å². The van der Waals surface area contributed by atoms with Crippen molar-refractivity contribution < 1.29 is 14.3 Å². The van der Waals surface area contributed by atoms with Gasteiger partial charge in [0.25, 0.3) is 0 Å². The van der Waals surface area contributed by atoms with Crippen molar-refractivity contribution in [1.82, 2.24) is 14.8 Å². The highest BCUT2D eigenvalue weighted by Crippen LogP contribution is 2.38. The molecule has 0 unspecified atom stereocenters. The van der Waals surface area contributed by atoms with Crippen LogP contribution in [0.25, 0.3) is 0 Å². The van der Waals surface area contributed by atoms with Gasteiger partial charge < -0.3 is 14.6 Å². The van der Waals surface area contributed by atoms with Crippen LogP contribution in [0.3, 0.4) is 0 Å². The number of esters is 1. The van der Waals surface area contributed by atoms with E-state index in [9.17, 15) is 9.59 Å². The minimum atomic E-state index is -0.373. The highest BCUT2D eigenvalue weighted by Gasteiger charge is 2.26. The number of fused-ring (bicyclic) bond motifs is 1. The molecule has 1 aliphatic carbocycles. The topological polar surface area (TPSA) is 86.1 Å². The molecule has 0 saturated carbocycles. The van der Waals surface area contributed by atoms with Gasteiger partial charge in [-0.15, -0.1) is 21.5 Å². The minimum absolute atomic E-state index is 0.152. The summed E-state index contributed by atoms with van der Waals surface area (Å²) in [5.74, 6) is 0.627. The van der Waals surface area contributed by atoms with Crippen LogP contribution >= 0.6 is 23.1 Å². The Bertz CT molecular complexity index is 875. The average molecular weight is 437 g/mol. The fraction of sp³-hybridized carbons (Fsp3) is 0.600. The zero-order valence-electron chi connectivity index (χ0n) is 17.2. The molecule has 0 radical (unpaired) electrons. The van der Waals surface area contributed by atoms with Gasteiger partial charge in [0.15, 0.2) is 5.16 Å². The molecule has 1 N–H and O–H groups in total. The molecule has 2 aromatic rings. The lowest BCUT2D eigenvalue weighted by Crippen LogP contribution is -2.17. The first-order chi connectivity index (χ1) is 14.1. The van der Waals surface area contributed by atoms with E-state index >= 15 is 0 Å². The Balaban J connectivity index is 1.73. The first-order valence-electron chi connectivity index (χ1n) is 10.2. The second kappa shape index (κ2) is 10.2.